The first kappa shape index (κ1) is 14.8. The van der Waals surface area contributed by atoms with Gasteiger partial charge in [0.25, 0.3) is 5.91 Å². The summed E-state index contributed by atoms with van der Waals surface area (Å²) in [6.45, 7) is 1.61. The normalized spacial score (nSPS) is 15.1. The Morgan fingerprint density at radius 1 is 1.09 bits per heavy atom. The number of benzene rings is 1. The molecule has 0 N–H and O–H groups in total. The predicted octanol–water partition coefficient (Wildman–Crippen LogP) is 4.30. The molecule has 3 nitrogen and oxygen atoms in total. The van der Waals surface area contributed by atoms with Crippen LogP contribution in [-0.2, 0) is 0 Å². The van der Waals surface area contributed by atoms with Gasteiger partial charge in [-0.25, -0.2) is 0 Å². The molecule has 0 spiro atoms. The van der Waals surface area contributed by atoms with Crippen molar-refractivity contribution in [2.45, 2.75) is 25.7 Å². The molecule has 0 bridgehead atoms. The van der Waals surface area contributed by atoms with Gasteiger partial charge in [0.2, 0.25) is 0 Å². The van der Waals surface area contributed by atoms with Gasteiger partial charge in [0.05, 0.1) is 5.56 Å². The quantitative estimate of drug-likeness (QED) is 0.830. The van der Waals surface area contributed by atoms with E-state index >= 15 is 0 Å². The van der Waals surface area contributed by atoms with Gasteiger partial charge in [-0.1, -0.05) is 43.2 Å². The maximum atomic E-state index is 12.8. The summed E-state index contributed by atoms with van der Waals surface area (Å²) in [6.07, 6.45) is 4.49. The Bertz CT molecular complexity index is 692. The number of hydrogen-bond acceptors (Lipinski definition) is 3. The standard InChI is InChI=1S/C18H18N2OS/c19-13-17-15(18(21)20-10-6-1-2-7-11-20)12-16(22-17)14-8-4-3-5-9-14/h3-5,8-9,12H,1-2,6-7,10-11H2. The third-order valence-corrected chi connectivity index (χ3v) is 5.10. The highest BCUT2D eigenvalue weighted by Crippen LogP contribution is 2.32. The van der Waals surface area contributed by atoms with E-state index in [2.05, 4.69) is 6.07 Å². The van der Waals surface area contributed by atoms with Crippen molar-refractivity contribution in [1.29, 1.82) is 5.26 Å². The van der Waals surface area contributed by atoms with Gasteiger partial charge in [-0.2, -0.15) is 5.26 Å². The Morgan fingerprint density at radius 2 is 1.77 bits per heavy atom. The van der Waals surface area contributed by atoms with Crippen LogP contribution in [0.4, 0.5) is 0 Å². The molecule has 1 amide bonds. The number of rotatable bonds is 2. The molecule has 3 rings (SSSR count). The van der Waals surface area contributed by atoms with Crippen molar-refractivity contribution in [3.63, 3.8) is 0 Å². The van der Waals surface area contributed by atoms with E-state index in [0.717, 1.165) is 36.4 Å². The van der Waals surface area contributed by atoms with Crippen LogP contribution in [0.1, 0.15) is 40.9 Å². The molecule has 1 aliphatic heterocycles. The minimum atomic E-state index is 0.0110. The van der Waals surface area contributed by atoms with Crippen LogP contribution < -0.4 is 0 Å². The number of nitrogens with zero attached hydrogens (tertiary/aromatic N) is 2. The SMILES string of the molecule is N#Cc1sc(-c2ccccc2)cc1C(=O)N1CCCCCC1. The lowest BCUT2D eigenvalue weighted by molar-refractivity contribution is 0.0762. The number of amides is 1. The van der Waals surface area contributed by atoms with Gasteiger partial charge in [-0.15, -0.1) is 11.3 Å². The van der Waals surface area contributed by atoms with Crippen LogP contribution >= 0.6 is 11.3 Å². The van der Waals surface area contributed by atoms with Crippen molar-refractivity contribution in [3.05, 3.63) is 46.8 Å². The molecule has 0 aliphatic carbocycles. The zero-order valence-corrected chi connectivity index (χ0v) is 13.2. The lowest BCUT2D eigenvalue weighted by atomic mass is 10.1. The number of thiophene rings is 1. The van der Waals surface area contributed by atoms with Gasteiger partial charge in [-0.3, -0.25) is 4.79 Å². The fraction of sp³-hybridized carbons (Fsp3) is 0.333. The first-order valence-electron chi connectivity index (χ1n) is 7.68. The van der Waals surface area contributed by atoms with Gasteiger partial charge >= 0.3 is 0 Å². The summed E-state index contributed by atoms with van der Waals surface area (Å²) in [7, 11) is 0. The van der Waals surface area contributed by atoms with Crippen molar-refractivity contribution in [2.75, 3.05) is 13.1 Å². The molecule has 0 radical (unpaired) electrons. The number of likely N-dealkylation sites (tertiary alicyclic amines) is 1. The summed E-state index contributed by atoms with van der Waals surface area (Å²) in [6, 6.07) is 14.0. The Hall–Kier alpha value is -2.12. The molecule has 4 heteroatoms. The molecule has 22 heavy (non-hydrogen) atoms. The second-order valence-corrected chi connectivity index (χ2v) is 6.59. The van der Waals surface area contributed by atoms with Crippen molar-refractivity contribution >= 4 is 17.2 Å². The van der Waals surface area contributed by atoms with E-state index in [4.69, 9.17) is 0 Å². The summed E-state index contributed by atoms with van der Waals surface area (Å²) in [5, 5.41) is 9.37. The Kier molecular flexibility index (Phi) is 4.55. The van der Waals surface area contributed by atoms with E-state index in [1.807, 2.05) is 41.3 Å². The van der Waals surface area contributed by atoms with Gasteiger partial charge in [-0.05, 0) is 24.5 Å². The molecule has 0 saturated carbocycles. The third kappa shape index (κ3) is 3.05. The van der Waals surface area contributed by atoms with Crippen molar-refractivity contribution < 1.29 is 4.79 Å². The minimum absolute atomic E-state index is 0.0110. The lowest BCUT2D eigenvalue weighted by Crippen LogP contribution is -2.31. The summed E-state index contributed by atoms with van der Waals surface area (Å²) in [5.74, 6) is 0.0110. The Morgan fingerprint density at radius 3 is 2.41 bits per heavy atom. The van der Waals surface area contributed by atoms with E-state index in [1.165, 1.54) is 24.2 Å². The molecule has 0 atom stereocenters. The Labute approximate surface area is 134 Å². The molecule has 1 fully saturated rings. The van der Waals surface area contributed by atoms with Gasteiger partial charge < -0.3 is 4.90 Å². The molecule has 1 aliphatic rings. The molecule has 1 aromatic carbocycles. The lowest BCUT2D eigenvalue weighted by Gasteiger charge is -2.19. The summed E-state index contributed by atoms with van der Waals surface area (Å²) in [5.41, 5.74) is 1.62. The number of carbonyl (C=O) groups is 1. The number of carbonyl (C=O) groups excluding carboxylic acids is 1. The van der Waals surface area contributed by atoms with Crippen molar-refractivity contribution in [1.82, 2.24) is 4.90 Å². The van der Waals surface area contributed by atoms with Crippen LogP contribution in [0.5, 0.6) is 0 Å². The molecule has 0 unspecified atom stereocenters. The van der Waals surface area contributed by atoms with Gasteiger partial charge in [0.15, 0.2) is 0 Å². The molecular weight excluding hydrogens is 292 g/mol. The van der Waals surface area contributed by atoms with Crippen molar-refractivity contribution in [2.24, 2.45) is 0 Å². The fourth-order valence-electron chi connectivity index (χ4n) is 2.82. The van der Waals surface area contributed by atoms with Gasteiger partial charge in [0.1, 0.15) is 10.9 Å². The maximum absolute atomic E-state index is 12.8. The first-order chi connectivity index (χ1) is 10.8. The summed E-state index contributed by atoms with van der Waals surface area (Å²) in [4.78, 5) is 16.2. The van der Waals surface area contributed by atoms with E-state index < -0.39 is 0 Å². The molecule has 1 aromatic heterocycles. The minimum Gasteiger partial charge on any atom is -0.339 e. The van der Waals surface area contributed by atoms with Crippen molar-refractivity contribution in [3.8, 4) is 16.5 Å². The predicted molar refractivity (Wildman–Crippen MR) is 88.8 cm³/mol. The molecular formula is C18H18N2OS. The van der Waals surface area contributed by atoms with Crippen LogP contribution in [0.2, 0.25) is 0 Å². The fourth-order valence-corrected chi connectivity index (χ4v) is 3.77. The zero-order valence-electron chi connectivity index (χ0n) is 12.4. The number of nitriles is 1. The van der Waals surface area contributed by atoms with Crippen LogP contribution in [0.15, 0.2) is 36.4 Å². The van der Waals surface area contributed by atoms with E-state index in [-0.39, 0.29) is 5.91 Å². The highest BCUT2D eigenvalue weighted by Gasteiger charge is 2.22. The first-order valence-corrected chi connectivity index (χ1v) is 8.50. The molecule has 2 aromatic rings. The largest absolute Gasteiger partial charge is 0.339 e. The van der Waals surface area contributed by atoms with E-state index in [1.54, 1.807) is 0 Å². The summed E-state index contributed by atoms with van der Waals surface area (Å²) >= 11 is 1.40. The average Bonchev–Trinajstić information content (AvgIpc) is 2.81. The monoisotopic (exact) mass is 310 g/mol. The highest BCUT2D eigenvalue weighted by atomic mass is 32.1. The van der Waals surface area contributed by atoms with Crippen LogP contribution in [-0.4, -0.2) is 23.9 Å². The molecule has 1 saturated heterocycles. The summed E-state index contributed by atoms with van der Waals surface area (Å²) < 4.78 is 0. The number of hydrogen-bond donors (Lipinski definition) is 0. The van der Waals surface area contributed by atoms with Gasteiger partial charge in [0, 0.05) is 18.0 Å². The molecule has 112 valence electrons. The second kappa shape index (κ2) is 6.76. The zero-order chi connectivity index (χ0) is 15.4. The highest BCUT2D eigenvalue weighted by molar-refractivity contribution is 7.16. The maximum Gasteiger partial charge on any atom is 0.256 e. The Balaban J connectivity index is 1.91. The second-order valence-electron chi connectivity index (χ2n) is 5.54. The average molecular weight is 310 g/mol. The topological polar surface area (TPSA) is 44.1 Å². The van der Waals surface area contributed by atoms with E-state index in [9.17, 15) is 10.1 Å². The third-order valence-electron chi connectivity index (χ3n) is 4.02. The molecule has 2 heterocycles. The smallest absolute Gasteiger partial charge is 0.256 e. The van der Waals surface area contributed by atoms with Crippen LogP contribution in [0, 0.1) is 11.3 Å². The van der Waals surface area contributed by atoms with Crippen LogP contribution in [0.25, 0.3) is 10.4 Å². The van der Waals surface area contributed by atoms with E-state index in [0.29, 0.717) is 10.4 Å². The van der Waals surface area contributed by atoms with Crippen LogP contribution in [0.3, 0.4) is 0 Å².